The molecule has 144 valence electrons. The lowest BCUT2D eigenvalue weighted by molar-refractivity contribution is -0.140. The van der Waals surface area contributed by atoms with Gasteiger partial charge in [0.1, 0.15) is 5.15 Å². The Morgan fingerprint density at radius 3 is 2.77 bits per heavy atom. The van der Waals surface area contributed by atoms with E-state index < -0.39 is 0 Å². The first-order chi connectivity index (χ1) is 12.5. The Kier molecular flexibility index (Phi) is 10.8. The van der Waals surface area contributed by atoms with Crippen LogP contribution in [0.2, 0.25) is 5.15 Å². The lowest BCUT2D eigenvalue weighted by atomic mass is 10.0. The molecule has 0 aliphatic heterocycles. The number of aliphatic hydroxyl groups excluding tert-OH is 1. The largest absolute Gasteiger partial charge is 0.469 e. The number of hydrogen-bond donors (Lipinski definition) is 1. The van der Waals surface area contributed by atoms with Gasteiger partial charge in [-0.1, -0.05) is 49.9 Å². The second-order valence-corrected chi connectivity index (χ2v) is 6.62. The van der Waals surface area contributed by atoms with Crippen LogP contribution in [0.1, 0.15) is 74.2 Å². The predicted molar refractivity (Wildman–Crippen MR) is 103 cm³/mol. The number of aromatic nitrogens is 1. The molecule has 1 aromatic heterocycles. The van der Waals surface area contributed by atoms with Crippen molar-refractivity contribution in [3.8, 4) is 0 Å². The Hall–Kier alpha value is -1.72. The second-order valence-electron chi connectivity index (χ2n) is 6.23. The first kappa shape index (κ1) is 22.3. The Bertz CT molecular complexity index is 616. The van der Waals surface area contributed by atoms with E-state index in [1.165, 1.54) is 13.3 Å². The van der Waals surface area contributed by atoms with Gasteiger partial charge in [-0.2, -0.15) is 0 Å². The SMILES string of the molecule is CCCCCC(O)C/C=C/c1cc(Cl)ncc1C(=O)CCCC(=O)OC. The van der Waals surface area contributed by atoms with Crippen LogP contribution >= 0.6 is 11.6 Å². The maximum absolute atomic E-state index is 12.4. The van der Waals surface area contributed by atoms with Gasteiger partial charge >= 0.3 is 5.97 Å². The van der Waals surface area contributed by atoms with Gasteiger partial charge in [0, 0.05) is 24.6 Å². The summed E-state index contributed by atoms with van der Waals surface area (Å²) in [5.74, 6) is -0.426. The molecule has 5 nitrogen and oxygen atoms in total. The van der Waals surface area contributed by atoms with E-state index in [2.05, 4.69) is 16.6 Å². The average molecular weight is 382 g/mol. The summed E-state index contributed by atoms with van der Waals surface area (Å²) in [6, 6.07) is 1.63. The standard InChI is InChI=1S/C20H28ClNO4/c1-3-4-5-9-16(23)10-6-8-15-13-19(21)22-14-17(15)18(24)11-7-12-20(25)26-2/h6,8,13-14,16,23H,3-5,7,9-12H2,1-2H3/b8-6+. The van der Waals surface area contributed by atoms with Crippen LogP contribution in [0.3, 0.4) is 0 Å². The number of rotatable bonds is 12. The summed E-state index contributed by atoms with van der Waals surface area (Å²) in [6.07, 6.45) is 10.1. The van der Waals surface area contributed by atoms with Crippen LogP contribution in [0, 0.1) is 0 Å². The van der Waals surface area contributed by atoms with Crippen LogP contribution in [-0.2, 0) is 9.53 Å². The quantitative estimate of drug-likeness (QED) is 0.248. The highest BCUT2D eigenvalue weighted by molar-refractivity contribution is 6.29. The number of nitrogens with zero attached hydrogens (tertiary/aromatic N) is 1. The van der Waals surface area contributed by atoms with Crippen molar-refractivity contribution in [3.05, 3.63) is 34.6 Å². The summed E-state index contributed by atoms with van der Waals surface area (Å²) in [6.45, 7) is 2.13. The lowest BCUT2D eigenvalue weighted by Crippen LogP contribution is -2.06. The van der Waals surface area contributed by atoms with E-state index in [0.29, 0.717) is 29.1 Å². The van der Waals surface area contributed by atoms with Crippen molar-refractivity contribution in [1.82, 2.24) is 4.98 Å². The van der Waals surface area contributed by atoms with Crippen molar-refractivity contribution in [1.29, 1.82) is 0 Å². The third-order valence-corrected chi connectivity index (χ3v) is 4.27. The molecule has 0 saturated carbocycles. The number of Topliss-reactive ketones (excluding diaryl/α,β-unsaturated/α-hetero) is 1. The number of methoxy groups -OCH3 is 1. The zero-order chi connectivity index (χ0) is 19.4. The average Bonchev–Trinajstić information content (AvgIpc) is 2.61. The van der Waals surface area contributed by atoms with Crippen LogP contribution in [-0.4, -0.2) is 35.1 Å². The Morgan fingerprint density at radius 1 is 1.31 bits per heavy atom. The van der Waals surface area contributed by atoms with Gasteiger partial charge in [0.05, 0.1) is 13.2 Å². The lowest BCUT2D eigenvalue weighted by Gasteiger charge is -2.08. The molecular formula is C20H28ClNO4. The molecule has 1 unspecified atom stereocenters. The number of hydrogen-bond acceptors (Lipinski definition) is 5. The third-order valence-electron chi connectivity index (χ3n) is 4.06. The number of carbonyl (C=O) groups is 2. The molecule has 0 saturated heterocycles. The number of pyridine rings is 1. The zero-order valence-corrected chi connectivity index (χ0v) is 16.3. The molecule has 1 aromatic rings. The molecule has 0 fully saturated rings. The molecule has 1 atom stereocenters. The third kappa shape index (κ3) is 8.59. The molecule has 1 N–H and O–H groups in total. The van der Waals surface area contributed by atoms with Gasteiger partial charge in [-0.3, -0.25) is 9.59 Å². The van der Waals surface area contributed by atoms with Gasteiger partial charge in [-0.25, -0.2) is 4.98 Å². The molecule has 0 spiro atoms. The van der Waals surface area contributed by atoms with Crippen molar-refractivity contribution in [2.45, 2.75) is 64.4 Å². The van der Waals surface area contributed by atoms with Crippen LogP contribution in [0.5, 0.6) is 0 Å². The number of aliphatic hydroxyl groups is 1. The van der Waals surface area contributed by atoms with E-state index in [4.69, 9.17) is 11.6 Å². The minimum Gasteiger partial charge on any atom is -0.469 e. The number of carbonyl (C=O) groups excluding carboxylic acids is 2. The first-order valence-electron chi connectivity index (χ1n) is 9.08. The molecule has 0 radical (unpaired) electrons. The van der Waals surface area contributed by atoms with Gasteiger partial charge in [-0.15, -0.1) is 0 Å². The van der Waals surface area contributed by atoms with Crippen molar-refractivity contribution >= 4 is 29.4 Å². The van der Waals surface area contributed by atoms with Gasteiger partial charge in [0.25, 0.3) is 0 Å². The fraction of sp³-hybridized carbons (Fsp3) is 0.550. The van der Waals surface area contributed by atoms with Crippen molar-refractivity contribution in [3.63, 3.8) is 0 Å². The maximum Gasteiger partial charge on any atom is 0.305 e. The van der Waals surface area contributed by atoms with Crippen molar-refractivity contribution in [2.75, 3.05) is 7.11 Å². The molecule has 0 aliphatic carbocycles. The normalized spacial score (nSPS) is 12.3. The van der Waals surface area contributed by atoms with E-state index in [9.17, 15) is 14.7 Å². The molecular weight excluding hydrogens is 354 g/mol. The fourth-order valence-corrected chi connectivity index (χ4v) is 2.71. The van der Waals surface area contributed by atoms with Crippen LogP contribution in [0.4, 0.5) is 0 Å². The minimum absolute atomic E-state index is 0.0961. The predicted octanol–water partition coefficient (Wildman–Crippen LogP) is 4.61. The summed E-state index contributed by atoms with van der Waals surface area (Å²) in [5.41, 5.74) is 1.14. The molecule has 0 amide bonds. The molecule has 6 heteroatoms. The Balaban J connectivity index is 2.66. The number of ketones is 1. The highest BCUT2D eigenvalue weighted by Crippen LogP contribution is 2.18. The van der Waals surface area contributed by atoms with Gasteiger partial charge in [0.15, 0.2) is 5.78 Å². The molecule has 0 bridgehead atoms. The Morgan fingerprint density at radius 2 is 2.08 bits per heavy atom. The van der Waals surface area contributed by atoms with Gasteiger partial charge in [0.2, 0.25) is 0 Å². The molecule has 0 aliphatic rings. The topological polar surface area (TPSA) is 76.5 Å². The summed E-state index contributed by atoms with van der Waals surface area (Å²) in [5, 5.41) is 10.3. The minimum atomic E-state index is -0.380. The number of halogens is 1. The number of unbranched alkanes of at least 4 members (excludes halogenated alkanes) is 2. The summed E-state index contributed by atoms with van der Waals surface area (Å²) >= 11 is 5.95. The summed E-state index contributed by atoms with van der Waals surface area (Å²) in [4.78, 5) is 27.5. The summed E-state index contributed by atoms with van der Waals surface area (Å²) in [7, 11) is 1.33. The van der Waals surface area contributed by atoms with E-state index in [1.807, 2.05) is 6.08 Å². The molecule has 0 aromatic carbocycles. The first-order valence-corrected chi connectivity index (χ1v) is 9.45. The highest BCUT2D eigenvalue weighted by atomic mass is 35.5. The van der Waals surface area contributed by atoms with Crippen molar-refractivity contribution < 1.29 is 19.4 Å². The van der Waals surface area contributed by atoms with Crippen LogP contribution < -0.4 is 0 Å². The van der Waals surface area contributed by atoms with Crippen molar-refractivity contribution in [2.24, 2.45) is 0 Å². The number of ether oxygens (including phenoxy) is 1. The number of esters is 1. The smallest absolute Gasteiger partial charge is 0.305 e. The maximum atomic E-state index is 12.4. The monoisotopic (exact) mass is 381 g/mol. The molecule has 1 rings (SSSR count). The van der Waals surface area contributed by atoms with Gasteiger partial charge in [-0.05, 0) is 30.9 Å². The fourth-order valence-electron chi connectivity index (χ4n) is 2.54. The zero-order valence-electron chi connectivity index (χ0n) is 15.5. The van der Waals surface area contributed by atoms with E-state index in [1.54, 1.807) is 12.1 Å². The van der Waals surface area contributed by atoms with Gasteiger partial charge < -0.3 is 9.84 Å². The van der Waals surface area contributed by atoms with E-state index in [0.717, 1.165) is 25.7 Å². The Labute approximate surface area is 160 Å². The van der Waals surface area contributed by atoms with Crippen LogP contribution in [0.25, 0.3) is 6.08 Å². The molecule has 1 heterocycles. The molecule has 26 heavy (non-hydrogen) atoms. The van der Waals surface area contributed by atoms with E-state index >= 15 is 0 Å². The van der Waals surface area contributed by atoms with E-state index in [-0.39, 0.29) is 30.7 Å². The second kappa shape index (κ2) is 12.6. The summed E-state index contributed by atoms with van der Waals surface area (Å²) < 4.78 is 4.57. The van der Waals surface area contributed by atoms with Crippen LogP contribution in [0.15, 0.2) is 18.3 Å². The highest BCUT2D eigenvalue weighted by Gasteiger charge is 2.12.